The van der Waals surface area contributed by atoms with Crippen LogP contribution in [0.3, 0.4) is 0 Å². The molecule has 0 bridgehead atoms. The van der Waals surface area contributed by atoms with Gasteiger partial charge in [-0.1, -0.05) is 6.07 Å². The molecule has 1 saturated heterocycles. The zero-order chi connectivity index (χ0) is 14.5. The van der Waals surface area contributed by atoms with Crippen molar-refractivity contribution in [2.75, 3.05) is 24.7 Å². The number of nitrogens with one attached hydrogen (secondary N) is 2. The number of fused-ring (bicyclic) bond motifs is 1. The van der Waals surface area contributed by atoms with Crippen LogP contribution in [0.4, 0.5) is 11.4 Å². The fourth-order valence-electron chi connectivity index (χ4n) is 2.94. The van der Waals surface area contributed by atoms with Gasteiger partial charge < -0.3 is 10.6 Å². The number of hydrogen-bond acceptors (Lipinski definition) is 6. The highest BCUT2D eigenvalue weighted by Crippen LogP contribution is 2.45. The van der Waals surface area contributed by atoms with E-state index in [2.05, 4.69) is 10.6 Å². The number of piperidine rings is 1. The molecule has 2 fully saturated rings. The molecule has 3 rings (SSSR count). The zero-order valence-electron chi connectivity index (χ0n) is 10.9. The van der Waals surface area contributed by atoms with E-state index in [-0.39, 0.29) is 22.3 Å². The summed E-state index contributed by atoms with van der Waals surface area (Å²) in [6.45, 7) is 1.81. The largest absolute Gasteiger partial charge is 0.376 e. The molecule has 1 aromatic carbocycles. The molecule has 1 aromatic rings. The summed E-state index contributed by atoms with van der Waals surface area (Å²) in [4.78, 5) is 10.4. The Hall–Kier alpha value is -1.67. The average molecular weight is 297 g/mol. The molecule has 2 aliphatic rings. The highest BCUT2D eigenvalue weighted by Gasteiger charge is 2.53. The van der Waals surface area contributed by atoms with E-state index in [1.54, 1.807) is 6.07 Å². The number of rotatable bonds is 4. The number of para-hydroxylation sites is 1. The van der Waals surface area contributed by atoms with E-state index in [4.69, 9.17) is 0 Å². The summed E-state index contributed by atoms with van der Waals surface area (Å²) in [5.74, 6) is 0.966. The van der Waals surface area contributed by atoms with Crippen LogP contribution in [0.25, 0.3) is 0 Å². The summed E-state index contributed by atoms with van der Waals surface area (Å²) >= 11 is 0. The van der Waals surface area contributed by atoms with Crippen molar-refractivity contribution in [3.05, 3.63) is 28.3 Å². The molecule has 0 spiro atoms. The lowest BCUT2D eigenvalue weighted by atomic mass is 10.2. The second kappa shape index (κ2) is 4.42. The molecule has 20 heavy (non-hydrogen) atoms. The fraction of sp³-hybridized carbons (Fsp3) is 0.500. The van der Waals surface area contributed by atoms with Crippen molar-refractivity contribution in [1.29, 1.82) is 0 Å². The van der Waals surface area contributed by atoms with Crippen LogP contribution < -0.4 is 10.6 Å². The lowest BCUT2D eigenvalue weighted by molar-refractivity contribution is -0.386. The first-order valence-corrected chi connectivity index (χ1v) is 8.23. The van der Waals surface area contributed by atoms with E-state index < -0.39 is 14.8 Å². The van der Waals surface area contributed by atoms with Gasteiger partial charge in [0, 0.05) is 25.4 Å². The molecule has 2 unspecified atom stereocenters. The van der Waals surface area contributed by atoms with Crippen LogP contribution in [0.5, 0.6) is 0 Å². The smallest absolute Gasteiger partial charge is 0.310 e. The van der Waals surface area contributed by atoms with E-state index in [1.165, 1.54) is 12.1 Å². The molecule has 7 nitrogen and oxygen atoms in total. The number of nitro benzene ring substituents is 1. The SMILES string of the molecule is CS(=O)(=O)c1cccc(NC2C3CNCC32)c1[N+](=O)[O-]. The Kier molecular flexibility index (Phi) is 2.94. The van der Waals surface area contributed by atoms with Crippen molar-refractivity contribution in [2.45, 2.75) is 10.9 Å². The monoisotopic (exact) mass is 297 g/mol. The van der Waals surface area contributed by atoms with Gasteiger partial charge in [0.1, 0.15) is 10.6 Å². The first-order chi connectivity index (χ1) is 9.39. The van der Waals surface area contributed by atoms with E-state index >= 15 is 0 Å². The second-order valence-corrected chi connectivity index (χ2v) is 7.32. The normalized spacial score (nSPS) is 27.9. The molecule has 0 radical (unpaired) electrons. The fourth-order valence-corrected chi connectivity index (χ4v) is 3.80. The third-order valence-corrected chi connectivity index (χ3v) is 5.12. The van der Waals surface area contributed by atoms with Gasteiger partial charge in [-0.15, -0.1) is 0 Å². The Labute approximate surface area is 116 Å². The molecule has 108 valence electrons. The number of nitrogens with zero attached hydrogens (tertiary/aromatic N) is 1. The van der Waals surface area contributed by atoms with Gasteiger partial charge in [-0.3, -0.25) is 10.1 Å². The van der Waals surface area contributed by atoms with E-state index in [0.29, 0.717) is 11.8 Å². The summed E-state index contributed by atoms with van der Waals surface area (Å²) in [6.07, 6.45) is 0.981. The summed E-state index contributed by atoms with van der Waals surface area (Å²) < 4.78 is 23.3. The molecule has 1 heterocycles. The molecule has 8 heteroatoms. The first kappa shape index (κ1) is 13.3. The Morgan fingerprint density at radius 1 is 1.35 bits per heavy atom. The van der Waals surface area contributed by atoms with Gasteiger partial charge in [-0.2, -0.15) is 0 Å². The molecule has 1 aliphatic heterocycles. The van der Waals surface area contributed by atoms with Crippen molar-refractivity contribution in [2.24, 2.45) is 11.8 Å². The van der Waals surface area contributed by atoms with Gasteiger partial charge >= 0.3 is 5.69 Å². The third kappa shape index (κ3) is 2.14. The molecular weight excluding hydrogens is 282 g/mol. The van der Waals surface area contributed by atoms with Crippen LogP contribution in [0.2, 0.25) is 0 Å². The molecule has 0 aromatic heterocycles. The van der Waals surface area contributed by atoms with Crippen molar-refractivity contribution in [3.63, 3.8) is 0 Å². The minimum absolute atomic E-state index is 0.199. The van der Waals surface area contributed by atoms with Crippen molar-refractivity contribution >= 4 is 21.2 Å². The van der Waals surface area contributed by atoms with Crippen molar-refractivity contribution in [3.8, 4) is 0 Å². The van der Waals surface area contributed by atoms with Crippen molar-refractivity contribution < 1.29 is 13.3 Å². The standard InChI is InChI=1S/C12H15N3O4S/c1-20(18,19)10-4-2-3-9(12(10)15(16)17)14-11-7-5-13-6-8(7)11/h2-4,7-8,11,13-14H,5-6H2,1H3. The number of sulfone groups is 1. The van der Waals surface area contributed by atoms with Crippen LogP contribution >= 0.6 is 0 Å². The second-order valence-electron chi connectivity index (χ2n) is 5.34. The highest BCUT2D eigenvalue weighted by atomic mass is 32.2. The van der Waals surface area contributed by atoms with E-state index in [1.807, 2.05) is 0 Å². The summed E-state index contributed by atoms with van der Waals surface area (Å²) in [5.41, 5.74) is -0.0646. The van der Waals surface area contributed by atoms with Crippen LogP contribution in [-0.4, -0.2) is 38.7 Å². The number of anilines is 1. The average Bonchev–Trinajstić information content (AvgIpc) is 2.82. The minimum Gasteiger partial charge on any atom is -0.376 e. The molecule has 2 N–H and O–H groups in total. The number of nitro groups is 1. The van der Waals surface area contributed by atoms with Gasteiger partial charge in [-0.05, 0) is 24.0 Å². The molecule has 1 aliphatic carbocycles. The minimum atomic E-state index is -3.63. The summed E-state index contributed by atoms with van der Waals surface area (Å²) in [7, 11) is -3.63. The number of hydrogen-bond donors (Lipinski definition) is 2. The van der Waals surface area contributed by atoms with Crippen LogP contribution in [-0.2, 0) is 9.84 Å². The first-order valence-electron chi connectivity index (χ1n) is 6.34. The van der Waals surface area contributed by atoms with Gasteiger partial charge in [0.2, 0.25) is 0 Å². The number of benzene rings is 1. The lowest BCUT2D eigenvalue weighted by Gasteiger charge is -2.11. The van der Waals surface area contributed by atoms with Crippen LogP contribution in [0.1, 0.15) is 0 Å². The molecule has 0 amide bonds. The third-order valence-electron chi connectivity index (χ3n) is 3.99. The lowest BCUT2D eigenvalue weighted by Crippen LogP contribution is -2.22. The van der Waals surface area contributed by atoms with Crippen molar-refractivity contribution in [1.82, 2.24) is 5.32 Å². The molecule has 1 saturated carbocycles. The Morgan fingerprint density at radius 2 is 2.00 bits per heavy atom. The molecular formula is C12H15N3O4S. The van der Waals surface area contributed by atoms with Crippen LogP contribution in [0, 0.1) is 22.0 Å². The van der Waals surface area contributed by atoms with Gasteiger partial charge in [0.25, 0.3) is 0 Å². The Bertz CT molecular complexity index is 663. The Morgan fingerprint density at radius 3 is 2.55 bits per heavy atom. The summed E-state index contributed by atoms with van der Waals surface area (Å²) in [6, 6.07) is 4.56. The highest BCUT2D eigenvalue weighted by molar-refractivity contribution is 7.90. The summed E-state index contributed by atoms with van der Waals surface area (Å²) in [5, 5.41) is 17.6. The maximum atomic E-state index is 11.7. The zero-order valence-corrected chi connectivity index (χ0v) is 11.7. The van der Waals surface area contributed by atoms with Gasteiger partial charge in [-0.25, -0.2) is 8.42 Å². The predicted octanol–water partition coefficient (Wildman–Crippen LogP) is 0.628. The quantitative estimate of drug-likeness (QED) is 0.624. The van der Waals surface area contributed by atoms with Crippen LogP contribution in [0.15, 0.2) is 23.1 Å². The maximum absolute atomic E-state index is 11.7. The predicted molar refractivity (Wildman–Crippen MR) is 73.5 cm³/mol. The van der Waals surface area contributed by atoms with E-state index in [0.717, 1.165) is 19.3 Å². The van der Waals surface area contributed by atoms with Gasteiger partial charge in [0.15, 0.2) is 9.84 Å². The van der Waals surface area contributed by atoms with Gasteiger partial charge in [0.05, 0.1) is 4.92 Å². The molecule has 2 atom stereocenters. The van der Waals surface area contributed by atoms with E-state index in [9.17, 15) is 18.5 Å². The maximum Gasteiger partial charge on any atom is 0.310 e. The Balaban J connectivity index is 1.96. The topological polar surface area (TPSA) is 101 Å².